The number of hydrogen-bond acceptors (Lipinski definition) is 4. The molecule has 3 aromatic rings. The van der Waals surface area contributed by atoms with E-state index in [4.69, 9.17) is 8.83 Å². The van der Waals surface area contributed by atoms with Gasteiger partial charge >= 0.3 is 5.63 Å². The van der Waals surface area contributed by atoms with Crippen molar-refractivity contribution in [3.05, 3.63) is 57.6 Å². The van der Waals surface area contributed by atoms with Crippen LogP contribution in [0.15, 0.2) is 44.2 Å². The van der Waals surface area contributed by atoms with Crippen LogP contribution in [0.3, 0.4) is 0 Å². The molecule has 0 unspecified atom stereocenters. The monoisotopic (exact) mass is 309 g/mol. The SMILES string of the molecule is CN(C)C(=O)c1coc2c3c(oc(=O)c12)-c1ccccc1CC3. The molecule has 23 heavy (non-hydrogen) atoms. The van der Waals surface area contributed by atoms with Gasteiger partial charge in [-0.2, -0.15) is 0 Å². The maximum atomic E-state index is 12.5. The van der Waals surface area contributed by atoms with Crippen molar-refractivity contribution in [2.45, 2.75) is 12.8 Å². The van der Waals surface area contributed by atoms with Crippen LogP contribution >= 0.6 is 0 Å². The van der Waals surface area contributed by atoms with E-state index in [1.807, 2.05) is 24.3 Å². The molecule has 0 spiro atoms. The average molecular weight is 309 g/mol. The molecule has 1 amide bonds. The van der Waals surface area contributed by atoms with Gasteiger partial charge < -0.3 is 13.7 Å². The zero-order valence-electron chi connectivity index (χ0n) is 12.9. The molecule has 0 radical (unpaired) electrons. The third kappa shape index (κ3) is 1.93. The third-order valence-corrected chi connectivity index (χ3v) is 4.28. The smallest absolute Gasteiger partial charge is 0.348 e. The molecule has 0 aliphatic heterocycles. The second-order valence-electron chi connectivity index (χ2n) is 5.91. The summed E-state index contributed by atoms with van der Waals surface area (Å²) < 4.78 is 11.2. The van der Waals surface area contributed by atoms with Gasteiger partial charge in [0.05, 0.1) is 5.56 Å². The Kier molecular flexibility index (Phi) is 2.91. The summed E-state index contributed by atoms with van der Waals surface area (Å²) in [6.07, 6.45) is 2.92. The van der Waals surface area contributed by atoms with Gasteiger partial charge in [0.15, 0.2) is 0 Å². The lowest BCUT2D eigenvalue weighted by Gasteiger charge is -2.17. The molecule has 0 fully saturated rings. The minimum atomic E-state index is -0.533. The molecule has 1 aliphatic carbocycles. The molecule has 0 saturated heterocycles. The van der Waals surface area contributed by atoms with Gasteiger partial charge in [-0.1, -0.05) is 24.3 Å². The van der Waals surface area contributed by atoms with Crippen molar-refractivity contribution in [2.24, 2.45) is 0 Å². The van der Waals surface area contributed by atoms with Crippen LogP contribution in [0, 0.1) is 0 Å². The average Bonchev–Trinajstić information content (AvgIpc) is 2.99. The highest BCUT2D eigenvalue weighted by atomic mass is 16.4. The fourth-order valence-electron chi connectivity index (χ4n) is 3.15. The van der Waals surface area contributed by atoms with E-state index < -0.39 is 5.63 Å². The summed E-state index contributed by atoms with van der Waals surface area (Å²) in [5.74, 6) is 0.287. The lowest BCUT2D eigenvalue weighted by atomic mass is 9.89. The number of fused-ring (bicyclic) bond motifs is 5. The van der Waals surface area contributed by atoms with Crippen molar-refractivity contribution in [1.82, 2.24) is 4.90 Å². The first-order valence-corrected chi connectivity index (χ1v) is 7.45. The van der Waals surface area contributed by atoms with Crippen LogP contribution in [0.25, 0.3) is 22.3 Å². The summed E-state index contributed by atoms with van der Waals surface area (Å²) in [7, 11) is 3.27. The molecule has 5 nitrogen and oxygen atoms in total. The van der Waals surface area contributed by atoms with Crippen LogP contribution in [0.5, 0.6) is 0 Å². The first-order valence-electron chi connectivity index (χ1n) is 7.45. The first-order chi connectivity index (χ1) is 11.1. The summed E-state index contributed by atoms with van der Waals surface area (Å²) in [6.45, 7) is 0. The Bertz CT molecular complexity index is 994. The number of rotatable bonds is 1. The maximum absolute atomic E-state index is 12.5. The zero-order chi connectivity index (χ0) is 16.1. The second-order valence-corrected chi connectivity index (χ2v) is 5.91. The first kappa shape index (κ1) is 13.8. The Morgan fingerprint density at radius 3 is 2.74 bits per heavy atom. The summed E-state index contributed by atoms with van der Waals surface area (Å²) in [5, 5.41) is 0.238. The number of aryl methyl sites for hydroxylation is 2. The van der Waals surface area contributed by atoms with E-state index in [9.17, 15) is 9.59 Å². The van der Waals surface area contributed by atoms with E-state index in [-0.39, 0.29) is 16.9 Å². The topological polar surface area (TPSA) is 63.7 Å². The number of amides is 1. The summed E-state index contributed by atoms with van der Waals surface area (Å²) in [5.41, 5.74) is 3.12. The standard InChI is InChI=1S/C18H15NO4/c1-19(2)17(20)13-9-22-16-12-8-7-10-5-3-4-6-11(10)15(12)23-18(21)14(13)16/h3-6,9H,7-8H2,1-2H3. The fraction of sp³-hybridized carbons (Fsp3) is 0.222. The van der Waals surface area contributed by atoms with Crippen molar-refractivity contribution in [3.63, 3.8) is 0 Å². The largest absolute Gasteiger partial charge is 0.463 e. The summed E-state index contributed by atoms with van der Waals surface area (Å²) >= 11 is 0. The summed E-state index contributed by atoms with van der Waals surface area (Å²) in [6, 6.07) is 7.87. The molecule has 2 aromatic heterocycles. The minimum Gasteiger partial charge on any atom is -0.463 e. The molecule has 0 atom stereocenters. The van der Waals surface area contributed by atoms with Gasteiger partial charge in [0.25, 0.3) is 5.91 Å². The zero-order valence-corrected chi connectivity index (χ0v) is 12.9. The number of benzene rings is 1. The predicted molar refractivity (Wildman–Crippen MR) is 85.6 cm³/mol. The van der Waals surface area contributed by atoms with Crippen molar-refractivity contribution >= 4 is 16.9 Å². The van der Waals surface area contributed by atoms with Gasteiger partial charge in [0, 0.05) is 25.2 Å². The third-order valence-electron chi connectivity index (χ3n) is 4.28. The molecule has 5 heteroatoms. The Morgan fingerprint density at radius 2 is 1.96 bits per heavy atom. The minimum absolute atomic E-state index is 0.238. The quantitative estimate of drug-likeness (QED) is 0.693. The number of carbonyl (C=O) groups excluding carboxylic acids is 1. The molecule has 116 valence electrons. The maximum Gasteiger partial charge on any atom is 0.348 e. The number of nitrogens with zero attached hydrogens (tertiary/aromatic N) is 1. The Labute approximate surface area is 132 Å². The van der Waals surface area contributed by atoms with E-state index in [0.29, 0.717) is 11.3 Å². The van der Waals surface area contributed by atoms with Crippen molar-refractivity contribution in [1.29, 1.82) is 0 Å². The van der Waals surface area contributed by atoms with Gasteiger partial charge in [0.1, 0.15) is 23.0 Å². The van der Waals surface area contributed by atoms with Crippen molar-refractivity contribution in [3.8, 4) is 11.3 Å². The van der Waals surface area contributed by atoms with Crippen molar-refractivity contribution < 1.29 is 13.6 Å². The Morgan fingerprint density at radius 1 is 1.17 bits per heavy atom. The fourth-order valence-corrected chi connectivity index (χ4v) is 3.15. The normalized spacial score (nSPS) is 12.8. The Hall–Kier alpha value is -2.82. The molecule has 2 heterocycles. The van der Waals surface area contributed by atoms with Crippen LogP contribution in [0.2, 0.25) is 0 Å². The molecule has 0 bridgehead atoms. The highest BCUT2D eigenvalue weighted by molar-refractivity contribution is 6.06. The molecule has 4 rings (SSSR count). The molecule has 1 aliphatic rings. The molecule has 0 saturated carbocycles. The van der Waals surface area contributed by atoms with E-state index in [1.165, 1.54) is 11.2 Å². The van der Waals surface area contributed by atoms with Gasteiger partial charge in [-0.3, -0.25) is 4.79 Å². The van der Waals surface area contributed by atoms with Crippen LogP contribution in [-0.2, 0) is 12.8 Å². The highest BCUT2D eigenvalue weighted by Gasteiger charge is 2.27. The molecule has 1 aromatic carbocycles. The van der Waals surface area contributed by atoms with Gasteiger partial charge in [-0.25, -0.2) is 4.79 Å². The van der Waals surface area contributed by atoms with E-state index >= 15 is 0 Å². The molecule has 0 N–H and O–H groups in total. The number of carbonyl (C=O) groups is 1. The Balaban J connectivity index is 2.03. The van der Waals surface area contributed by atoms with Crippen LogP contribution < -0.4 is 5.63 Å². The lowest BCUT2D eigenvalue weighted by Crippen LogP contribution is -2.22. The van der Waals surface area contributed by atoms with E-state index in [1.54, 1.807) is 14.1 Å². The number of hydrogen-bond donors (Lipinski definition) is 0. The molecular formula is C18H15NO4. The molecular weight excluding hydrogens is 294 g/mol. The summed E-state index contributed by atoms with van der Waals surface area (Å²) in [4.78, 5) is 26.1. The highest BCUT2D eigenvalue weighted by Crippen LogP contribution is 2.37. The lowest BCUT2D eigenvalue weighted by molar-refractivity contribution is 0.0828. The van der Waals surface area contributed by atoms with E-state index in [0.717, 1.165) is 29.5 Å². The van der Waals surface area contributed by atoms with E-state index in [2.05, 4.69) is 0 Å². The van der Waals surface area contributed by atoms with Gasteiger partial charge in [-0.15, -0.1) is 0 Å². The number of furan rings is 1. The predicted octanol–water partition coefficient (Wildman–Crippen LogP) is 2.85. The van der Waals surface area contributed by atoms with Gasteiger partial charge in [-0.05, 0) is 18.4 Å². The van der Waals surface area contributed by atoms with Crippen LogP contribution in [-0.4, -0.2) is 24.9 Å². The van der Waals surface area contributed by atoms with Crippen LogP contribution in [0.1, 0.15) is 21.5 Å². The van der Waals surface area contributed by atoms with Gasteiger partial charge in [0.2, 0.25) is 0 Å². The second kappa shape index (κ2) is 4.84. The van der Waals surface area contributed by atoms with Crippen molar-refractivity contribution in [2.75, 3.05) is 14.1 Å². The van der Waals surface area contributed by atoms with Crippen LogP contribution in [0.4, 0.5) is 0 Å².